The van der Waals surface area contributed by atoms with Crippen LogP contribution in [0.2, 0.25) is 0 Å². The largest absolute Gasteiger partial charge is 0.342 e. The topological polar surface area (TPSA) is 68.2 Å². The van der Waals surface area contributed by atoms with Crippen molar-refractivity contribution in [3.63, 3.8) is 0 Å². The SMILES string of the molecule is CC(C)(C)NCC1CCCN(CC(=O)NCC#N)C1. The molecule has 1 aliphatic rings. The summed E-state index contributed by atoms with van der Waals surface area (Å²) in [6.45, 7) is 9.96. The van der Waals surface area contributed by atoms with Crippen LogP contribution in [0.15, 0.2) is 0 Å². The fourth-order valence-corrected chi connectivity index (χ4v) is 2.31. The number of piperidine rings is 1. The Hall–Kier alpha value is -1.12. The first-order valence-electron chi connectivity index (χ1n) is 7.02. The predicted octanol–water partition coefficient (Wildman–Crippen LogP) is 0.726. The van der Waals surface area contributed by atoms with Gasteiger partial charge in [-0.25, -0.2) is 0 Å². The summed E-state index contributed by atoms with van der Waals surface area (Å²) in [4.78, 5) is 13.8. The molecular formula is C14H26N4O. The third-order valence-corrected chi connectivity index (χ3v) is 3.26. The van der Waals surface area contributed by atoms with Gasteiger partial charge in [0.1, 0.15) is 6.54 Å². The Morgan fingerprint density at radius 1 is 1.47 bits per heavy atom. The highest BCUT2D eigenvalue weighted by molar-refractivity contribution is 5.78. The van der Waals surface area contributed by atoms with E-state index in [9.17, 15) is 4.79 Å². The molecule has 1 fully saturated rings. The van der Waals surface area contributed by atoms with E-state index in [1.165, 1.54) is 6.42 Å². The quantitative estimate of drug-likeness (QED) is 0.720. The maximum Gasteiger partial charge on any atom is 0.235 e. The van der Waals surface area contributed by atoms with Crippen molar-refractivity contribution in [3.8, 4) is 6.07 Å². The molecule has 1 aliphatic heterocycles. The molecule has 5 heteroatoms. The first-order chi connectivity index (χ1) is 8.90. The second-order valence-corrected chi connectivity index (χ2v) is 6.31. The van der Waals surface area contributed by atoms with Gasteiger partial charge in [0.05, 0.1) is 12.6 Å². The van der Waals surface area contributed by atoms with Crippen molar-refractivity contribution in [3.05, 3.63) is 0 Å². The van der Waals surface area contributed by atoms with E-state index >= 15 is 0 Å². The molecule has 1 amide bonds. The van der Waals surface area contributed by atoms with Crippen molar-refractivity contribution in [1.82, 2.24) is 15.5 Å². The number of carbonyl (C=O) groups is 1. The van der Waals surface area contributed by atoms with Crippen LogP contribution in [0.25, 0.3) is 0 Å². The zero-order valence-electron chi connectivity index (χ0n) is 12.3. The Morgan fingerprint density at radius 3 is 2.84 bits per heavy atom. The number of nitrogens with one attached hydrogen (secondary N) is 2. The Kier molecular flexibility index (Phi) is 6.26. The van der Waals surface area contributed by atoms with Gasteiger partial charge < -0.3 is 10.6 Å². The van der Waals surface area contributed by atoms with E-state index < -0.39 is 0 Å². The monoisotopic (exact) mass is 266 g/mol. The number of hydrogen-bond acceptors (Lipinski definition) is 4. The van der Waals surface area contributed by atoms with E-state index in [4.69, 9.17) is 5.26 Å². The number of hydrogen-bond donors (Lipinski definition) is 2. The molecule has 0 aliphatic carbocycles. The second kappa shape index (κ2) is 7.46. The summed E-state index contributed by atoms with van der Waals surface area (Å²) >= 11 is 0. The van der Waals surface area contributed by atoms with Gasteiger partial charge >= 0.3 is 0 Å². The van der Waals surface area contributed by atoms with Gasteiger partial charge in [0.25, 0.3) is 0 Å². The summed E-state index contributed by atoms with van der Waals surface area (Å²) < 4.78 is 0. The van der Waals surface area contributed by atoms with Crippen LogP contribution in [0.4, 0.5) is 0 Å². The van der Waals surface area contributed by atoms with Gasteiger partial charge in [0.2, 0.25) is 5.91 Å². The van der Waals surface area contributed by atoms with Crippen LogP contribution in [0.5, 0.6) is 0 Å². The van der Waals surface area contributed by atoms with Crippen molar-refractivity contribution in [2.45, 2.75) is 39.2 Å². The van der Waals surface area contributed by atoms with Crippen LogP contribution in [0, 0.1) is 17.2 Å². The van der Waals surface area contributed by atoms with Crippen molar-refractivity contribution in [2.24, 2.45) is 5.92 Å². The van der Waals surface area contributed by atoms with Crippen LogP contribution in [-0.2, 0) is 4.79 Å². The standard InChI is InChI=1S/C14H26N4O/c1-14(2,3)17-9-12-5-4-8-18(10-12)11-13(19)16-7-6-15/h12,17H,4-5,7-11H2,1-3H3,(H,16,19). The molecule has 0 aromatic rings. The molecule has 1 heterocycles. The van der Waals surface area contributed by atoms with Gasteiger partial charge in [-0.15, -0.1) is 0 Å². The van der Waals surface area contributed by atoms with Crippen LogP contribution < -0.4 is 10.6 Å². The average Bonchev–Trinajstić information content (AvgIpc) is 2.33. The van der Waals surface area contributed by atoms with Gasteiger partial charge in [0.15, 0.2) is 0 Å². The second-order valence-electron chi connectivity index (χ2n) is 6.31. The molecule has 2 N–H and O–H groups in total. The Bertz CT molecular complexity index is 329. The maximum absolute atomic E-state index is 11.6. The molecule has 1 rings (SSSR count). The van der Waals surface area contributed by atoms with E-state index in [0.29, 0.717) is 12.5 Å². The number of nitrogens with zero attached hydrogens (tertiary/aromatic N) is 2. The minimum absolute atomic E-state index is 0.0500. The van der Waals surface area contributed by atoms with Gasteiger partial charge in [-0.3, -0.25) is 9.69 Å². The predicted molar refractivity (Wildman–Crippen MR) is 75.5 cm³/mol. The molecule has 19 heavy (non-hydrogen) atoms. The van der Waals surface area contributed by atoms with Crippen LogP contribution in [0.3, 0.4) is 0 Å². The zero-order chi connectivity index (χ0) is 14.3. The lowest BCUT2D eigenvalue weighted by molar-refractivity contribution is -0.122. The first kappa shape index (κ1) is 15.9. The Morgan fingerprint density at radius 2 is 2.21 bits per heavy atom. The van der Waals surface area contributed by atoms with E-state index in [-0.39, 0.29) is 18.0 Å². The number of carbonyl (C=O) groups excluding carboxylic acids is 1. The molecule has 1 unspecified atom stereocenters. The summed E-state index contributed by atoms with van der Waals surface area (Å²) in [5.74, 6) is 0.558. The molecular weight excluding hydrogens is 240 g/mol. The normalized spacial score (nSPS) is 20.8. The smallest absolute Gasteiger partial charge is 0.235 e. The average molecular weight is 266 g/mol. The molecule has 0 bridgehead atoms. The number of nitriles is 1. The van der Waals surface area contributed by atoms with E-state index in [1.807, 2.05) is 6.07 Å². The third-order valence-electron chi connectivity index (χ3n) is 3.26. The van der Waals surface area contributed by atoms with Crippen LogP contribution in [-0.4, -0.2) is 49.1 Å². The molecule has 0 radical (unpaired) electrons. The summed E-state index contributed by atoms with van der Waals surface area (Å²) in [7, 11) is 0. The fraction of sp³-hybridized carbons (Fsp3) is 0.857. The first-order valence-corrected chi connectivity index (χ1v) is 7.02. The summed E-state index contributed by atoms with van der Waals surface area (Å²) in [6.07, 6.45) is 2.36. The summed E-state index contributed by atoms with van der Waals surface area (Å²) in [5, 5.41) is 14.5. The Balaban J connectivity index is 2.30. The Labute approximate surface area is 116 Å². The van der Waals surface area contributed by atoms with Gasteiger partial charge in [-0.1, -0.05) is 0 Å². The molecule has 5 nitrogen and oxygen atoms in total. The van der Waals surface area contributed by atoms with E-state index in [2.05, 4.69) is 36.3 Å². The van der Waals surface area contributed by atoms with Crippen molar-refractivity contribution in [2.75, 3.05) is 32.7 Å². The minimum Gasteiger partial charge on any atom is -0.342 e. The van der Waals surface area contributed by atoms with Gasteiger partial charge in [-0.05, 0) is 52.6 Å². The highest BCUT2D eigenvalue weighted by Crippen LogP contribution is 2.16. The summed E-state index contributed by atoms with van der Waals surface area (Å²) in [6, 6.07) is 1.92. The lowest BCUT2D eigenvalue weighted by Crippen LogP contribution is -2.47. The molecule has 0 aromatic carbocycles. The highest BCUT2D eigenvalue weighted by Gasteiger charge is 2.22. The van der Waals surface area contributed by atoms with Crippen LogP contribution in [0.1, 0.15) is 33.6 Å². The van der Waals surface area contributed by atoms with Gasteiger partial charge in [-0.2, -0.15) is 5.26 Å². The highest BCUT2D eigenvalue weighted by atomic mass is 16.2. The fourth-order valence-electron chi connectivity index (χ4n) is 2.31. The number of rotatable bonds is 5. The molecule has 0 saturated carbocycles. The molecule has 0 spiro atoms. The molecule has 108 valence electrons. The molecule has 1 saturated heterocycles. The number of likely N-dealkylation sites (tertiary alicyclic amines) is 1. The van der Waals surface area contributed by atoms with Crippen molar-refractivity contribution >= 4 is 5.91 Å². The van der Waals surface area contributed by atoms with E-state index in [0.717, 1.165) is 26.1 Å². The molecule has 0 aromatic heterocycles. The van der Waals surface area contributed by atoms with Crippen molar-refractivity contribution < 1.29 is 4.79 Å². The zero-order valence-corrected chi connectivity index (χ0v) is 12.3. The van der Waals surface area contributed by atoms with E-state index in [1.54, 1.807) is 0 Å². The minimum atomic E-state index is -0.0500. The van der Waals surface area contributed by atoms with Crippen LogP contribution >= 0.6 is 0 Å². The van der Waals surface area contributed by atoms with Crippen molar-refractivity contribution in [1.29, 1.82) is 5.26 Å². The maximum atomic E-state index is 11.6. The lowest BCUT2D eigenvalue weighted by atomic mass is 9.96. The number of amides is 1. The third kappa shape index (κ3) is 7.14. The molecule has 1 atom stereocenters. The summed E-state index contributed by atoms with van der Waals surface area (Å²) in [5.41, 5.74) is 0.145. The lowest BCUT2D eigenvalue weighted by Gasteiger charge is -2.34. The van der Waals surface area contributed by atoms with Gasteiger partial charge in [0, 0.05) is 12.1 Å².